The lowest BCUT2D eigenvalue weighted by atomic mass is 9.87. The SMILES string of the molecule is O=C(Cl)CC1CCC(Cl)CC1. The highest BCUT2D eigenvalue weighted by atomic mass is 35.5. The van der Waals surface area contributed by atoms with Crippen molar-refractivity contribution < 1.29 is 4.79 Å². The third-order valence-electron chi connectivity index (χ3n) is 2.23. The van der Waals surface area contributed by atoms with Crippen molar-refractivity contribution >= 4 is 28.4 Å². The van der Waals surface area contributed by atoms with Gasteiger partial charge in [0.1, 0.15) is 0 Å². The highest BCUT2D eigenvalue weighted by molar-refractivity contribution is 6.63. The van der Waals surface area contributed by atoms with Crippen molar-refractivity contribution in [3.05, 3.63) is 0 Å². The molecule has 0 aromatic rings. The van der Waals surface area contributed by atoms with Crippen LogP contribution in [0.5, 0.6) is 0 Å². The average Bonchev–Trinajstić information content (AvgIpc) is 1.93. The van der Waals surface area contributed by atoms with E-state index >= 15 is 0 Å². The molecule has 64 valence electrons. The summed E-state index contributed by atoms with van der Waals surface area (Å²) >= 11 is 11.2. The number of hydrogen-bond acceptors (Lipinski definition) is 1. The Hall–Kier alpha value is 0.250. The van der Waals surface area contributed by atoms with Crippen molar-refractivity contribution in [2.24, 2.45) is 5.92 Å². The zero-order valence-corrected chi connectivity index (χ0v) is 7.87. The third kappa shape index (κ3) is 3.44. The number of rotatable bonds is 2. The fourth-order valence-corrected chi connectivity index (χ4v) is 2.02. The summed E-state index contributed by atoms with van der Waals surface area (Å²) in [5.41, 5.74) is 0. The van der Waals surface area contributed by atoms with Gasteiger partial charge in [0, 0.05) is 11.8 Å². The molecule has 1 aliphatic carbocycles. The van der Waals surface area contributed by atoms with Crippen molar-refractivity contribution in [1.29, 1.82) is 0 Å². The summed E-state index contributed by atoms with van der Waals surface area (Å²) in [5.74, 6) is 0.495. The number of carbonyl (C=O) groups excluding carboxylic acids is 1. The Morgan fingerprint density at radius 3 is 2.27 bits per heavy atom. The molecule has 3 heteroatoms. The molecular weight excluding hydrogens is 183 g/mol. The van der Waals surface area contributed by atoms with Crippen molar-refractivity contribution in [2.75, 3.05) is 0 Å². The minimum Gasteiger partial charge on any atom is -0.281 e. The molecule has 0 radical (unpaired) electrons. The van der Waals surface area contributed by atoms with Gasteiger partial charge in [0.15, 0.2) is 0 Å². The van der Waals surface area contributed by atoms with Gasteiger partial charge in [0.25, 0.3) is 0 Å². The molecule has 0 amide bonds. The van der Waals surface area contributed by atoms with E-state index in [1.54, 1.807) is 0 Å². The molecular formula is C8H12Cl2O. The molecule has 0 aromatic heterocycles. The maximum atomic E-state index is 10.5. The molecule has 0 bridgehead atoms. The van der Waals surface area contributed by atoms with Gasteiger partial charge in [-0.3, -0.25) is 4.79 Å². The Morgan fingerprint density at radius 1 is 1.27 bits per heavy atom. The monoisotopic (exact) mass is 194 g/mol. The van der Waals surface area contributed by atoms with Gasteiger partial charge in [-0.15, -0.1) is 11.6 Å². The van der Waals surface area contributed by atoms with Crippen LogP contribution in [0.15, 0.2) is 0 Å². The topological polar surface area (TPSA) is 17.1 Å². The Morgan fingerprint density at radius 2 is 1.82 bits per heavy atom. The summed E-state index contributed by atoms with van der Waals surface area (Å²) in [5, 5.41) is 0.125. The van der Waals surface area contributed by atoms with Crippen LogP contribution >= 0.6 is 23.2 Å². The van der Waals surface area contributed by atoms with E-state index in [0.717, 1.165) is 25.7 Å². The van der Waals surface area contributed by atoms with E-state index in [1.807, 2.05) is 0 Å². The minimum absolute atomic E-state index is 0.206. The summed E-state index contributed by atoms with van der Waals surface area (Å²) in [4.78, 5) is 10.5. The van der Waals surface area contributed by atoms with Crippen LogP contribution in [-0.4, -0.2) is 10.6 Å². The van der Waals surface area contributed by atoms with Crippen molar-refractivity contribution in [2.45, 2.75) is 37.5 Å². The van der Waals surface area contributed by atoms with Gasteiger partial charge in [-0.1, -0.05) is 0 Å². The van der Waals surface area contributed by atoms with Crippen LogP contribution < -0.4 is 0 Å². The highest BCUT2D eigenvalue weighted by Gasteiger charge is 2.20. The fourth-order valence-electron chi connectivity index (χ4n) is 1.55. The average molecular weight is 195 g/mol. The van der Waals surface area contributed by atoms with Gasteiger partial charge in [0.2, 0.25) is 5.24 Å². The molecule has 0 atom stereocenters. The van der Waals surface area contributed by atoms with Gasteiger partial charge in [-0.25, -0.2) is 0 Å². The standard InChI is InChI=1S/C8H12Cl2O/c9-7-3-1-6(2-4-7)5-8(10)11/h6-7H,1-5H2. The van der Waals surface area contributed by atoms with E-state index in [0.29, 0.717) is 17.7 Å². The second-order valence-electron chi connectivity index (χ2n) is 3.18. The number of carbonyl (C=O) groups is 1. The van der Waals surface area contributed by atoms with Crippen LogP contribution in [0.2, 0.25) is 0 Å². The summed E-state index contributed by atoms with van der Waals surface area (Å²) in [6, 6.07) is 0. The minimum atomic E-state index is -0.206. The van der Waals surface area contributed by atoms with Gasteiger partial charge in [-0.05, 0) is 43.2 Å². The first-order chi connectivity index (χ1) is 5.18. The second-order valence-corrected chi connectivity index (χ2v) is 4.22. The highest BCUT2D eigenvalue weighted by Crippen LogP contribution is 2.29. The van der Waals surface area contributed by atoms with Gasteiger partial charge in [-0.2, -0.15) is 0 Å². The first kappa shape index (κ1) is 9.34. The van der Waals surface area contributed by atoms with Gasteiger partial charge >= 0.3 is 0 Å². The maximum Gasteiger partial charge on any atom is 0.221 e. The van der Waals surface area contributed by atoms with Crippen molar-refractivity contribution in [1.82, 2.24) is 0 Å². The Labute approximate surface area is 77.1 Å². The first-order valence-electron chi connectivity index (χ1n) is 4.01. The maximum absolute atomic E-state index is 10.5. The van der Waals surface area contributed by atoms with E-state index in [2.05, 4.69) is 0 Å². The predicted molar refractivity (Wildman–Crippen MR) is 47.1 cm³/mol. The molecule has 11 heavy (non-hydrogen) atoms. The van der Waals surface area contributed by atoms with Crippen molar-refractivity contribution in [3.63, 3.8) is 0 Å². The zero-order chi connectivity index (χ0) is 8.27. The zero-order valence-electron chi connectivity index (χ0n) is 6.35. The van der Waals surface area contributed by atoms with E-state index in [9.17, 15) is 4.79 Å². The summed E-state index contributed by atoms with van der Waals surface area (Å²) < 4.78 is 0. The normalized spacial score (nSPS) is 31.8. The molecule has 1 fully saturated rings. The lowest BCUT2D eigenvalue weighted by Crippen LogP contribution is -2.15. The molecule has 0 N–H and O–H groups in total. The van der Waals surface area contributed by atoms with Crippen molar-refractivity contribution in [3.8, 4) is 0 Å². The number of alkyl halides is 1. The predicted octanol–water partition coefficient (Wildman–Crippen LogP) is 2.94. The van der Waals surface area contributed by atoms with Crippen LogP contribution in [0.4, 0.5) is 0 Å². The number of halogens is 2. The second kappa shape index (κ2) is 4.32. The first-order valence-corrected chi connectivity index (χ1v) is 4.82. The van der Waals surface area contributed by atoms with E-state index < -0.39 is 0 Å². The molecule has 0 spiro atoms. The molecule has 0 saturated heterocycles. The van der Waals surface area contributed by atoms with E-state index in [1.165, 1.54) is 0 Å². The Balaban J connectivity index is 2.22. The summed E-state index contributed by atoms with van der Waals surface area (Å²) in [6.45, 7) is 0. The van der Waals surface area contributed by atoms with Gasteiger partial charge in [0.05, 0.1) is 0 Å². The number of hydrogen-bond donors (Lipinski definition) is 0. The third-order valence-corrected chi connectivity index (χ3v) is 2.82. The molecule has 0 aliphatic heterocycles. The summed E-state index contributed by atoms with van der Waals surface area (Å²) in [6.07, 6.45) is 4.73. The van der Waals surface area contributed by atoms with Crippen LogP contribution in [0.25, 0.3) is 0 Å². The quantitative estimate of drug-likeness (QED) is 0.489. The van der Waals surface area contributed by atoms with E-state index in [4.69, 9.17) is 23.2 Å². The van der Waals surface area contributed by atoms with Crippen LogP contribution in [0, 0.1) is 5.92 Å². The largest absolute Gasteiger partial charge is 0.281 e. The lowest BCUT2D eigenvalue weighted by molar-refractivity contribution is -0.112. The van der Waals surface area contributed by atoms with Gasteiger partial charge < -0.3 is 0 Å². The van der Waals surface area contributed by atoms with Crippen LogP contribution in [0.1, 0.15) is 32.1 Å². The molecule has 0 aromatic carbocycles. The molecule has 1 aliphatic rings. The summed E-state index contributed by atoms with van der Waals surface area (Å²) in [7, 11) is 0. The molecule has 0 unspecified atom stereocenters. The van der Waals surface area contributed by atoms with E-state index in [-0.39, 0.29) is 5.24 Å². The molecule has 0 heterocycles. The molecule has 1 saturated carbocycles. The Kier molecular flexibility index (Phi) is 3.67. The lowest BCUT2D eigenvalue weighted by Gasteiger charge is -2.23. The van der Waals surface area contributed by atoms with Crippen LogP contribution in [-0.2, 0) is 4.79 Å². The smallest absolute Gasteiger partial charge is 0.221 e. The molecule has 1 nitrogen and oxygen atoms in total. The fraction of sp³-hybridized carbons (Fsp3) is 0.875. The Bertz CT molecular complexity index is 139. The van der Waals surface area contributed by atoms with Crippen LogP contribution in [0.3, 0.4) is 0 Å². The molecule has 1 rings (SSSR count).